The molecule has 4 atom stereocenters. The number of likely N-dealkylation sites (N-methyl/N-ethyl adjacent to an activating group) is 1. The van der Waals surface area contributed by atoms with Gasteiger partial charge in [0.15, 0.2) is 0 Å². The Morgan fingerprint density at radius 3 is 2.60 bits per heavy atom. The monoisotopic (exact) mass is 278 g/mol. The van der Waals surface area contributed by atoms with Crippen molar-refractivity contribution in [2.24, 2.45) is 11.7 Å². The minimum atomic E-state index is -0.182. The summed E-state index contributed by atoms with van der Waals surface area (Å²) in [6.07, 6.45) is 5.11. The second-order valence-corrected chi connectivity index (χ2v) is 6.35. The van der Waals surface area contributed by atoms with E-state index in [0.29, 0.717) is 12.0 Å². The van der Waals surface area contributed by atoms with Gasteiger partial charge in [-0.2, -0.15) is 0 Å². The van der Waals surface area contributed by atoms with Crippen molar-refractivity contribution in [2.45, 2.75) is 57.7 Å². The molecule has 0 amide bonds. The third-order valence-corrected chi connectivity index (χ3v) is 4.72. The van der Waals surface area contributed by atoms with Crippen molar-refractivity contribution in [1.82, 2.24) is 4.90 Å². The maximum Gasteiger partial charge on any atom is 0.123 e. The largest absolute Gasteiger partial charge is 0.326 e. The number of benzene rings is 1. The molecule has 0 heterocycles. The molecule has 0 radical (unpaired) electrons. The minimum Gasteiger partial charge on any atom is -0.326 e. The maximum absolute atomic E-state index is 13.5. The average molecular weight is 278 g/mol. The van der Waals surface area contributed by atoms with E-state index in [1.54, 1.807) is 12.1 Å². The van der Waals surface area contributed by atoms with Gasteiger partial charge in [0.1, 0.15) is 5.82 Å². The van der Waals surface area contributed by atoms with Gasteiger partial charge in [-0.15, -0.1) is 0 Å². The molecule has 2 rings (SSSR count). The van der Waals surface area contributed by atoms with Gasteiger partial charge in [0.25, 0.3) is 0 Å². The molecule has 2 nitrogen and oxygen atoms in total. The van der Waals surface area contributed by atoms with Gasteiger partial charge in [-0.1, -0.05) is 31.9 Å². The third-order valence-electron chi connectivity index (χ3n) is 4.72. The average Bonchev–Trinajstić information content (AvgIpc) is 2.39. The highest BCUT2D eigenvalue weighted by molar-refractivity contribution is 5.22. The van der Waals surface area contributed by atoms with Crippen LogP contribution in [0.25, 0.3) is 0 Å². The Bertz CT molecular complexity index is 433. The predicted octanol–water partition coefficient (Wildman–Crippen LogP) is 3.72. The van der Waals surface area contributed by atoms with E-state index >= 15 is 0 Å². The lowest BCUT2D eigenvalue weighted by molar-refractivity contribution is 0.0858. The van der Waals surface area contributed by atoms with Crippen molar-refractivity contribution in [3.63, 3.8) is 0 Å². The van der Waals surface area contributed by atoms with Crippen molar-refractivity contribution < 1.29 is 4.39 Å². The lowest BCUT2D eigenvalue weighted by Crippen LogP contribution is -2.46. The summed E-state index contributed by atoms with van der Waals surface area (Å²) in [5, 5.41) is 0. The number of nitrogens with zero attached hydrogens (tertiary/aromatic N) is 1. The Morgan fingerprint density at radius 2 is 2.00 bits per heavy atom. The number of nitrogens with two attached hydrogens (primary N) is 1. The van der Waals surface area contributed by atoms with Crippen LogP contribution in [0.4, 0.5) is 4.39 Å². The SMILES string of the molecule is CC(N)C(c1cccc(F)c1)N(C)C1CCCCC1C. The summed E-state index contributed by atoms with van der Waals surface area (Å²) in [6, 6.07) is 7.48. The van der Waals surface area contributed by atoms with Gasteiger partial charge in [-0.25, -0.2) is 4.39 Å². The molecule has 0 saturated heterocycles. The van der Waals surface area contributed by atoms with Gasteiger partial charge >= 0.3 is 0 Å². The summed E-state index contributed by atoms with van der Waals surface area (Å²) >= 11 is 0. The second kappa shape index (κ2) is 6.68. The summed E-state index contributed by atoms with van der Waals surface area (Å²) in [7, 11) is 2.14. The highest BCUT2D eigenvalue weighted by atomic mass is 19.1. The number of hydrogen-bond acceptors (Lipinski definition) is 2. The summed E-state index contributed by atoms with van der Waals surface area (Å²) in [4.78, 5) is 2.38. The fourth-order valence-electron chi connectivity index (χ4n) is 3.71. The quantitative estimate of drug-likeness (QED) is 0.909. The first kappa shape index (κ1) is 15.5. The fourth-order valence-corrected chi connectivity index (χ4v) is 3.71. The molecule has 3 heteroatoms. The first-order valence-corrected chi connectivity index (χ1v) is 7.73. The van der Waals surface area contributed by atoms with E-state index in [9.17, 15) is 4.39 Å². The van der Waals surface area contributed by atoms with Crippen LogP contribution in [0.2, 0.25) is 0 Å². The molecule has 1 aliphatic rings. The zero-order valence-electron chi connectivity index (χ0n) is 12.8. The van der Waals surface area contributed by atoms with Crippen LogP contribution < -0.4 is 5.73 Å². The molecule has 2 N–H and O–H groups in total. The second-order valence-electron chi connectivity index (χ2n) is 6.35. The zero-order chi connectivity index (χ0) is 14.7. The van der Waals surface area contributed by atoms with E-state index in [-0.39, 0.29) is 17.9 Å². The Labute approximate surface area is 122 Å². The van der Waals surface area contributed by atoms with Crippen molar-refractivity contribution in [2.75, 3.05) is 7.05 Å². The van der Waals surface area contributed by atoms with Crippen LogP contribution in [0, 0.1) is 11.7 Å². The Kier molecular flexibility index (Phi) is 5.17. The summed E-state index contributed by atoms with van der Waals surface area (Å²) in [6.45, 7) is 4.34. The first-order valence-electron chi connectivity index (χ1n) is 7.73. The molecule has 20 heavy (non-hydrogen) atoms. The molecule has 0 aliphatic heterocycles. The molecule has 4 unspecified atom stereocenters. The standard InChI is InChI=1S/C17H27FN2/c1-12-7-4-5-10-16(12)20(3)17(13(2)19)14-8-6-9-15(18)11-14/h6,8-9,11-13,16-17H,4-5,7,10,19H2,1-3H3. The molecule has 112 valence electrons. The van der Waals surface area contributed by atoms with Crippen molar-refractivity contribution in [3.05, 3.63) is 35.6 Å². The Morgan fingerprint density at radius 1 is 1.30 bits per heavy atom. The van der Waals surface area contributed by atoms with Gasteiger partial charge in [0.05, 0.1) is 0 Å². The number of halogens is 1. The normalized spacial score (nSPS) is 26.5. The summed E-state index contributed by atoms with van der Waals surface area (Å²) < 4.78 is 13.5. The van der Waals surface area contributed by atoms with E-state index in [4.69, 9.17) is 5.73 Å². The highest BCUT2D eigenvalue weighted by Gasteiger charge is 2.31. The smallest absolute Gasteiger partial charge is 0.123 e. The van der Waals surface area contributed by atoms with E-state index in [1.807, 2.05) is 13.0 Å². The van der Waals surface area contributed by atoms with Gasteiger partial charge in [-0.3, -0.25) is 4.90 Å². The molecule has 0 aromatic heterocycles. The molecule has 1 aliphatic carbocycles. The molecule has 1 aromatic rings. The van der Waals surface area contributed by atoms with Crippen molar-refractivity contribution in [3.8, 4) is 0 Å². The fraction of sp³-hybridized carbons (Fsp3) is 0.647. The number of rotatable bonds is 4. The van der Waals surface area contributed by atoms with Crippen LogP contribution in [-0.2, 0) is 0 Å². The molecular weight excluding hydrogens is 251 g/mol. The maximum atomic E-state index is 13.5. The van der Waals surface area contributed by atoms with Crippen molar-refractivity contribution in [1.29, 1.82) is 0 Å². The highest BCUT2D eigenvalue weighted by Crippen LogP contribution is 2.33. The summed E-state index contributed by atoms with van der Waals surface area (Å²) in [5.41, 5.74) is 7.19. The van der Waals surface area contributed by atoms with E-state index in [0.717, 1.165) is 5.56 Å². The van der Waals surface area contributed by atoms with Crippen molar-refractivity contribution >= 4 is 0 Å². The van der Waals surface area contributed by atoms with Gasteiger partial charge in [0.2, 0.25) is 0 Å². The zero-order valence-corrected chi connectivity index (χ0v) is 12.8. The number of hydrogen-bond donors (Lipinski definition) is 1. The predicted molar refractivity (Wildman–Crippen MR) is 82.0 cm³/mol. The molecule has 1 saturated carbocycles. The lowest BCUT2D eigenvalue weighted by atomic mass is 9.83. The minimum absolute atomic E-state index is 0.0177. The van der Waals surface area contributed by atoms with Crippen LogP contribution in [-0.4, -0.2) is 24.0 Å². The summed E-state index contributed by atoms with van der Waals surface area (Å²) in [5.74, 6) is 0.502. The Hall–Kier alpha value is -0.930. The van der Waals surface area contributed by atoms with Crippen LogP contribution in [0.5, 0.6) is 0 Å². The van der Waals surface area contributed by atoms with Gasteiger partial charge in [-0.05, 0) is 50.4 Å². The third kappa shape index (κ3) is 3.39. The van der Waals surface area contributed by atoms with E-state index in [2.05, 4.69) is 18.9 Å². The van der Waals surface area contributed by atoms with Crippen LogP contribution in [0.15, 0.2) is 24.3 Å². The lowest BCUT2D eigenvalue weighted by Gasteiger charge is -2.42. The van der Waals surface area contributed by atoms with Crippen LogP contribution >= 0.6 is 0 Å². The first-order chi connectivity index (χ1) is 9.50. The van der Waals surface area contributed by atoms with Crippen LogP contribution in [0.1, 0.15) is 51.1 Å². The van der Waals surface area contributed by atoms with Gasteiger partial charge < -0.3 is 5.73 Å². The topological polar surface area (TPSA) is 29.3 Å². The molecule has 0 spiro atoms. The molecule has 1 fully saturated rings. The van der Waals surface area contributed by atoms with Crippen LogP contribution in [0.3, 0.4) is 0 Å². The van der Waals surface area contributed by atoms with E-state index < -0.39 is 0 Å². The molecule has 0 bridgehead atoms. The van der Waals surface area contributed by atoms with Gasteiger partial charge in [0, 0.05) is 18.1 Å². The molecule has 1 aromatic carbocycles. The Balaban J connectivity index is 2.23. The van der Waals surface area contributed by atoms with E-state index in [1.165, 1.54) is 31.7 Å². The molecular formula is C17H27FN2.